The smallest absolute Gasteiger partial charge is 0.319 e. The molecule has 1 aliphatic rings. The van der Waals surface area contributed by atoms with E-state index in [-0.39, 0.29) is 18.4 Å². The number of hydrogen-bond acceptors (Lipinski definition) is 3. The van der Waals surface area contributed by atoms with E-state index in [1.807, 2.05) is 19.1 Å². The maximum absolute atomic E-state index is 12.1. The third-order valence-electron chi connectivity index (χ3n) is 3.79. The molecular formula is C16H22N4O3. The number of carbonyl (C=O) groups is 3. The van der Waals surface area contributed by atoms with E-state index in [2.05, 4.69) is 10.6 Å². The molecule has 0 unspecified atom stereocenters. The Kier molecular flexibility index (Phi) is 5.56. The molecule has 7 nitrogen and oxygen atoms in total. The first-order valence-electron chi connectivity index (χ1n) is 7.60. The van der Waals surface area contributed by atoms with Gasteiger partial charge in [-0.25, -0.2) is 4.79 Å². The van der Waals surface area contributed by atoms with Gasteiger partial charge in [0.1, 0.15) is 0 Å². The highest BCUT2D eigenvalue weighted by molar-refractivity contribution is 5.92. The Morgan fingerprint density at radius 1 is 1.00 bits per heavy atom. The van der Waals surface area contributed by atoms with Crippen molar-refractivity contribution in [2.75, 3.05) is 38.0 Å². The maximum Gasteiger partial charge on any atom is 0.319 e. The fraction of sp³-hybridized carbons (Fsp3) is 0.438. The molecule has 2 rings (SSSR count). The Bertz CT molecular complexity index is 577. The first kappa shape index (κ1) is 16.8. The van der Waals surface area contributed by atoms with Gasteiger partial charge in [0.15, 0.2) is 0 Å². The van der Waals surface area contributed by atoms with Gasteiger partial charge < -0.3 is 20.4 Å². The van der Waals surface area contributed by atoms with E-state index >= 15 is 0 Å². The standard InChI is InChI=1S/C16H22N4O3/c1-12-3-5-14(6-4-12)18-16(23)17-11-15(22)20-9-7-19(8-10-20)13(2)21/h3-6H,7-11H2,1-2H3,(H2,17,18,23). The Labute approximate surface area is 135 Å². The number of benzene rings is 1. The summed E-state index contributed by atoms with van der Waals surface area (Å²) in [7, 11) is 0. The Balaban J connectivity index is 1.73. The van der Waals surface area contributed by atoms with E-state index in [0.717, 1.165) is 5.56 Å². The van der Waals surface area contributed by atoms with Crippen LogP contribution in [0.3, 0.4) is 0 Å². The lowest BCUT2D eigenvalue weighted by molar-refractivity contribution is -0.137. The Morgan fingerprint density at radius 3 is 2.13 bits per heavy atom. The normalized spacial score (nSPS) is 14.3. The average Bonchev–Trinajstić information content (AvgIpc) is 2.55. The maximum atomic E-state index is 12.1. The fourth-order valence-electron chi connectivity index (χ4n) is 2.35. The molecule has 1 aromatic rings. The monoisotopic (exact) mass is 318 g/mol. The summed E-state index contributed by atoms with van der Waals surface area (Å²) >= 11 is 0. The lowest BCUT2D eigenvalue weighted by atomic mass is 10.2. The van der Waals surface area contributed by atoms with Crippen LogP contribution in [0, 0.1) is 6.92 Å². The summed E-state index contributed by atoms with van der Waals surface area (Å²) in [5.41, 5.74) is 1.78. The predicted octanol–water partition coefficient (Wildman–Crippen LogP) is 0.807. The lowest BCUT2D eigenvalue weighted by Crippen LogP contribution is -2.52. The van der Waals surface area contributed by atoms with Crippen molar-refractivity contribution >= 4 is 23.5 Å². The highest BCUT2D eigenvalue weighted by Crippen LogP contribution is 2.08. The minimum absolute atomic E-state index is 0.0210. The third-order valence-corrected chi connectivity index (χ3v) is 3.79. The number of hydrogen-bond donors (Lipinski definition) is 2. The summed E-state index contributed by atoms with van der Waals surface area (Å²) in [6.07, 6.45) is 0. The van der Waals surface area contributed by atoms with E-state index in [4.69, 9.17) is 0 Å². The highest BCUT2D eigenvalue weighted by atomic mass is 16.2. The van der Waals surface area contributed by atoms with Crippen LogP contribution in [0.15, 0.2) is 24.3 Å². The van der Waals surface area contributed by atoms with E-state index in [1.165, 1.54) is 6.92 Å². The zero-order chi connectivity index (χ0) is 16.8. The first-order chi connectivity index (χ1) is 11.0. The number of piperazine rings is 1. The van der Waals surface area contributed by atoms with Crippen LogP contribution in [-0.4, -0.2) is 60.4 Å². The number of nitrogens with one attached hydrogen (secondary N) is 2. The minimum Gasteiger partial charge on any atom is -0.339 e. The molecule has 7 heteroatoms. The van der Waals surface area contributed by atoms with Gasteiger partial charge in [-0.2, -0.15) is 0 Å². The SMILES string of the molecule is CC(=O)N1CCN(C(=O)CNC(=O)Nc2ccc(C)cc2)CC1. The third kappa shape index (κ3) is 4.98. The molecule has 124 valence electrons. The summed E-state index contributed by atoms with van der Waals surface area (Å²) in [5.74, 6) is -0.125. The van der Waals surface area contributed by atoms with Crippen LogP contribution < -0.4 is 10.6 Å². The molecular weight excluding hydrogens is 296 g/mol. The molecule has 1 aliphatic heterocycles. The van der Waals surface area contributed by atoms with Gasteiger partial charge in [-0.3, -0.25) is 9.59 Å². The molecule has 4 amide bonds. The van der Waals surface area contributed by atoms with Crippen molar-refractivity contribution in [1.82, 2.24) is 15.1 Å². The van der Waals surface area contributed by atoms with Crippen molar-refractivity contribution in [3.05, 3.63) is 29.8 Å². The molecule has 0 aliphatic carbocycles. The van der Waals surface area contributed by atoms with Crippen LogP contribution in [0.2, 0.25) is 0 Å². The molecule has 1 fully saturated rings. The van der Waals surface area contributed by atoms with Gasteiger partial charge in [0.2, 0.25) is 11.8 Å². The van der Waals surface area contributed by atoms with Crippen molar-refractivity contribution in [3.63, 3.8) is 0 Å². The molecule has 0 aromatic heterocycles. The van der Waals surface area contributed by atoms with Crippen molar-refractivity contribution in [1.29, 1.82) is 0 Å². The zero-order valence-electron chi connectivity index (χ0n) is 13.5. The predicted molar refractivity (Wildman–Crippen MR) is 87.0 cm³/mol. The van der Waals surface area contributed by atoms with Crippen LogP contribution in [0.5, 0.6) is 0 Å². The fourth-order valence-corrected chi connectivity index (χ4v) is 2.35. The molecule has 0 atom stereocenters. The van der Waals surface area contributed by atoms with E-state index in [0.29, 0.717) is 31.9 Å². The van der Waals surface area contributed by atoms with Crippen molar-refractivity contribution < 1.29 is 14.4 Å². The Hall–Kier alpha value is -2.57. The number of carbonyl (C=O) groups excluding carboxylic acids is 3. The summed E-state index contributed by atoms with van der Waals surface area (Å²) in [6.45, 7) is 5.51. The van der Waals surface area contributed by atoms with E-state index in [9.17, 15) is 14.4 Å². The summed E-state index contributed by atoms with van der Waals surface area (Å²) in [6, 6.07) is 6.99. The van der Waals surface area contributed by atoms with Gasteiger partial charge in [0, 0.05) is 38.8 Å². The van der Waals surface area contributed by atoms with Gasteiger partial charge in [-0.15, -0.1) is 0 Å². The van der Waals surface area contributed by atoms with E-state index < -0.39 is 6.03 Å². The molecule has 1 saturated heterocycles. The van der Waals surface area contributed by atoms with Gasteiger partial charge >= 0.3 is 6.03 Å². The van der Waals surface area contributed by atoms with Gasteiger partial charge in [-0.1, -0.05) is 17.7 Å². The van der Waals surface area contributed by atoms with Gasteiger partial charge in [0.05, 0.1) is 6.54 Å². The van der Waals surface area contributed by atoms with Crippen molar-refractivity contribution in [2.24, 2.45) is 0 Å². The molecule has 1 aromatic carbocycles. The molecule has 1 heterocycles. The molecule has 0 radical (unpaired) electrons. The minimum atomic E-state index is -0.412. The number of urea groups is 1. The molecule has 23 heavy (non-hydrogen) atoms. The van der Waals surface area contributed by atoms with Crippen LogP contribution >= 0.6 is 0 Å². The van der Waals surface area contributed by atoms with Crippen LogP contribution in [0.25, 0.3) is 0 Å². The second-order valence-electron chi connectivity index (χ2n) is 5.56. The second kappa shape index (κ2) is 7.62. The number of rotatable bonds is 3. The van der Waals surface area contributed by atoms with Gasteiger partial charge in [-0.05, 0) is 19.1 Å². The summed E-state index contributed by atoms with van der Waals surface area (Å²) in [4.78, 5) is 38.4. The zero-order valence-corrected chi connectivity index (χ0v) is 13.5. The Morgan fingerprint density at radius 2 is 1.57 bits per heavy atom. The molecule has 2 N–H and O–H groups in total. The van der Waals surface area contributed by atoms with Crippen LogP contribution in [0.4, 0.5) is 10.5 Å². The number of anilines is 1. The van der Waals surface area contributed by atoms with Crippen molar-refractivity contribution in [2.45, 2.75) is 13.8 Å². The highest BCUT2D eigenvalue weighted by Gasteiger charge is 2.22. The van der Waals surface area contributed by atoms with E-state index in [1.54, 1.807) is 21.9 Å². The van der Waals surface area contributed by atoms with Crippen LogP contribution in [-0.2, 0) is 9.59 Å². The first-order valence-corrected chi connectivity index (χ1v) is 7.60. The molecule has 0 spiro atoms. The van der Waals surface area contributed by atoms with Crippen molar-refractivity contribution in [3.8, 4) is 0 Å². The average molecular weight is 318 g/mol. The number of aryl methyl sites for hydroxylation is 1. The topological polar surface area (TPSA) is 81.8 Å². The quantitative estimate of drug-likeness (QED) is 0.865. The summed E-state index contributed by atoms with van der Waals surface area (Å²) < 4.78 is 0. The largest absolute Gasteiger partial charge is 0.339 e. The van der Waals surface area contributed by atoms with Crippen LogP contribution in [0.1, 0.15) is 12.5 Å². The number of nitrogens with zero attached hydrogens (tertiary/aromatic N) is 2. The summed E-state index contributed by atoms with van der Waals surface area (Å²) in [5, 5.41) is 5.23. The molecule has 0 bridgehead atoms. The molecule has 0 saturated carbocycles. The van der Waals surface area contributed by atoms with Gasteiger partial charge in [0.25, 0.3) is 0 Å². The number of amides is 4. The lowest BCUT2D eigenvalue weighted by Gasteiger charge is -2.34. The second-order valence-corrected chi connectivity index (χ2v) is 5.56.